The SMILES string of the molecule is COc1cc(NC(=O)C2CCNC2)ccc1NC(N)=O.Cl. The molecule has 0 aliphatic carbocycles. The predicted octanol–water partition coefficient (Wildman–Crippen LogP) is 1.16. The smallest absolute Gasteiger partial charge is 0.316 e. The van der Waals surface area contributed by atoms with Gasteiger partial charge in [-0.3, -0.25) is 4.79 Å². The summed E-state index contributed by atoms with van der Waals surface area (Å²) < 4.78 is 5.16. The Morgan fingerprint density at radius 3 is 2.71 bits per heavy atom. The van der Waals surface area contributed by atoms with Gasteiger partial charge >= 0.3 is 6.03 Å². The van der Waals surface area contributed by atoms with E-state index in [4.69, 9.17) is 10.5 Å². The highest BCUT2D eigenvalue weighted by Crippen LogP contribution is 2.28. The minimum absolute atomic E-state index is 0. The van der Waals surface area contributed by atoms with Gasteiger partial charge in [-0.15, -0.1) is 12.4 Å². The highest BCUT2D eigenvalue weighted by Gasteiger charge is 2.22. The highest BCUT2D eigenvalue weighted by molar-refractivity contribution is 5.94. The predicted molar refractivity (Wildman–Crippen MR) is 83.1 cm³/mol. The Kier molecular flexibility index (Phi) is 6.26. The topological polar surface area (TPSA) is 105 Å². The van der Waals surface area contributed by atoms with Crippen LogP contribution in [0.1, 0.15) is 6.42 Å². The Balaban J connectivity index is 0.00000220. The number of methoxy groups -OCH3 is 1. The van der Waals surface area contributed by atoms with Crippen LogP contribution >= 0.6 is 12.4 Å². The zero-order valence-corrected chi connectivity index (χ0v) is 12.5. The molecule has 7 nitrogen and oxygen atoms in total. The molecule has 1 atom stereocenters. The van der Waals surface area contributed by atoms with E-state index in [0.717, 1.165) is 13.0 Å². The second-order valence-electron chi connectivity index (χ2n) is 4.58. The molecular formula is C13H19ClN4O3. The number of rotatable bonds is 4. The molecule has 8 heteroatoms. The first-order valence-corrected chi connectivity index (χ1v) is 6.36. The van der Waals surface area contributed by atoms with Crippen molar-refractivity contribution < 1.29 is 14.3 Å². The van der Waals surface area contributed by atoms with Crippen LogP contribution in [0.4, 0.5) is 16.2 Å². The lowest BCUT2D eigenvalue weighted by molar-refractivity contribution is -0.119. The molecule has 1 unspecified atom stereocenters. The first kappa shape index (κ1) is 17.1. The number of primary amides is 1. The Hall–Kier alpha value is -1.99. The summed E-state index contributed by atoms with van der Waals surface area (Å²) in [5, 5.41) is 8.43. The van der Waals surface area contributed by atoms with E-state index in [-0.39, 0.29) is 24.2 Å². The summed E-state index contributed by atoms with van der Waals surface area (Å²) in [7, 11) is 1.48. The van der Waals surface area contributed by atoms with Crippen LogP contribution in [0.25, 0.3) is 0 Å². The fraction of sp³-hybridized carbons (Fsp3) is 0.385. The molecule has 1 aliphatic heterocycles. The zero-order chi connectivity index (χ0) is 14.5. The number of nitrogens with one attached hydrogen (secondary N) is 3. The maximum Gasteiger partial charge on any atom is 0.316 e. The number of halogens is 1. The molecule has 1 aromatic carbocycles. The molecule has 0 saturated carbocycles. The van der Waals surface area contributed by atoms with E-state index in [1.807, 2.05) is 0 Å². The third-order valence-electron chi connectivity index (χ3n) is 3.16. The maximum atomic E-state index is 12.0. The summed E-state index contributed by atoms with van der Waals surface area (Å²) >= 11 is 0. The molecule has 5 N–H and O–H groups in total. The van der Waals surface area contributed by atoms with Gasteiger partial charge in [0, 0.05) is 18.3 Å². The van der Waals surface area contributed by atoms with E-state index in [9.17, 15) is 9.59 Å². The number of nitrogens with two attached hydrogens (primary N) is 1. The molecule has 116 valence electrons. The molecule has 1 fully saturated rings. The van der Waals surface area contributed by atoms with Crippen molar-refractivity contribution in [3.8, 4) is 5.75 Å². The van der Waals surface area contributed by atoms with Gasteiger partial charge in [0.05, 0.1) is 18.7 Å². The molecule has 0 aromatic heterocycles. The quantitative estimate of drug-likeness (QED) is 0.669. The van der Waals surface area contributed by atoms with Gasteiger partial charge in [0.1, 0.15) is 5.75 Å². The standard InChI is InChI=1S/C13H18N4O3.ClH/c1-20-11-6-9(2-3-10(11)17-13(14)19)16-12(18)8-4-5-15-7-8;/h2-3,6,8,15H,4-5,7H2,1H3,(H,16,18)(H3,14,17,19);1H. The number of ether oxygens (including phenoxy) is 1. The van der Waals surface area contributed by atoms with E-state index in [0.29, 0.717) is 23.7 Å². The number of anilines is 2. The lowest BCUT2D eigenvalue weighted by atomic mass is 10.1. The molecule has 2 rings (SSSR count). The summed E-state index contributed by atoms with van der Waals surface area (Å²) in [6.07, 6.45) is 0.838. The van der Waals surface area contributed by atoms with Crippen LogP contribution in [-0.2, 0) is 4.79 Å². The minimum Gasteiger partial charge on any atom is -0.494 e. The molecule has 1 heterocycles. The molecule has 1 aromatic rings. The number of hydrogen-bond acceptors (Lipinski definition) is 4. The van der Waals surface area contributed by atoms with Gasteiger partial charge in [0.2, 0.25) is 5.91 Å². The van der Waals surface area contributed by atoms with Gasteiger partial charge in [-0.25, -0.2) is 4.79 Å². The van der Waals surface area contributed by atoms with E-state index in [1.165, 1.54) is 7.11 Å². The van der Waals surface area contributed by atoms with E-state index >= 15 is 0 Å². The molecule has 1 saturated heterocycles. The van der Waals surface area contributed by atoms with Crippen molar-refractivity contribution in [1.29, 1.82) is 0 Å². The number of hydrogen-bond donors (Lipinski definition) is 4. The summed E-state index contributed by atoms with van der Waals surface area (Å²) in [6, 6.07) is 4.29. The first-order chi connectivity index (χ1) is 9.60. The average Bonchev–Trinajstić information content (AvgIpc) is 2.94. The van der Waals surface area contributed by atoms with Crippen LogP contribution in [0.2, 0.25) is 0 Å². The molecule has 0 spiro atoms. The minimum atomic E-state index is -0.669. The van der Waals surface area contributed by atoms with Crippen molar-refractivity contribution in [2.24, 2.45) is 11.7 Å². The molecule has 21 heavy (non-hydrogen) atoms. The lowest BCUT2D eigenvalue weighted by Crippen LogP contribution is -2.24. The van der Waals surface area contributed by atoms with Crippen molar-refractivity contribution >= 4 is 35.7 Å². The van der Waals surface area contributed by atoms with Gasteiger partial charge in [0.15, 0.2) is 0 Å². The first-order valence-electron chi connectivity index (χ1n) is 6.36. The third-order valence-corrected chi connectivity index (χ3v) is 3.16. The Morgan fingerprint density at radius 2 is 2.14 bits per heavy atom. The van der Waals surface area contributed by atoms with Crippen molar-refractivity contribution in [2.45, 2.75) is 6.42 Å². The Bertz CT molecular complexity index is 518. The molecule has 1 aliphatic rings. The highest BCUT2D eigenvalue weighted by atomic mass is 35.5. The van der Waals surface area contributed by atoms with Crippen LogP contribution in [-0.4, -0.2) is 32.1 Å². The lowest BCUT2D eigenvalue weighted by Gasteiger charge is -2.13. The summed E-state index contributed by atoms with van der Waals surface area (Å²) in [5.74, 6) is 0.406. The number of benzene rings is 1. The van der Waals surface area contributed by atoms with Crippen molar-refractivity contribution in [3.63, 3.8) is 0 Å². The largest absolute Gasteiger partial charge is 0.494 e. The van der Waals surface area contributed by atoms with E-state index < -0.39 is 6.03 Å². The van der Waals surface area contributed by atoms with Gasteiger partial charge in [-0.2, -0.15) is 0 Å². The zero-order valence-electron chi connectivity index (χ0n) is 11.6. The maximum absolute atomic E-state index is 12.0. The van der Waals surface area contributed by atoms with Gasteiger partial charge in [-0.1, -0.05) is 0 Å². The fourth-order valence-corrected chi connectivity index (χ4v) is 2.13. The average molecular weight is 315 g/mol. The molecular weight excluding hydrogens is 296 g/mol. The second kappa shape index (κ2) is 7.70. The Labute approximate surface area is 129 Å². The van der Waals surface area contributed by atoms with Crippen molar-refractivity contribution in [2.75, 3.05) is 30.8 Å². The number of amides is 3. The number of carbonyl (C=O) groups is 2. The third kappa shape index (κ3) is 4.51. The number of carbonyl (C=O) groups excluding carboxylic acids is 2. The van der Waals surface area contributed by atoms with Crippen LogP contribution in [0.15, 0.2) is 18.2 Å². The van der Waals surface area contributed by atoms with E-state index in [2.05, 4.69) is 16.0 Å². The van der Waals surface area contributed by atoms with Crippen LogP contribution in [0.5, 0.6) is 5.75 Å². The Morgan fingerprint density at radius 1 is 1.38 bits per heavy atom. The summed E-state index contributed by atoms with van der Waals surface area (Å²) in [4.78, 5) is 22.8. The van der Waals surface area contributed by atoms with E-state index in [1.54, 1.807) is 18.2 Å². The van der Waals surface area contributed by atoms with Crippen LogP contribution < -0.4 is 26.4 Å². The second-order valence-corrected chi connectivity index (χ2v) is 4.58. The summed E-state index contributed by atoms with van der Waals surface area (Å²) in [5.41, 5.74) is 6.15. The monoisotopic (exact) mass is 314 g/mol. The van der Waals surface area contributed by atoms with Gasteiger partial charge < -0.3 is 26.4 Å². The molecule has 0 radical (unpaired) electrons. The molecule has 0 bridgehead atoms. The van der Waals surface area contributed by atoms with Crippen molar-refractivity contribution in [3.05, 3.63) is 18.2 Å². The fourth-order valence-electron chi connectivity index (χ4n) is 2.13. The number of urea groups is 1. The normalized spacial score (nSPS) is 16.7. The van der Waals surface area contributed by atoms with Gasteiger partial charge in [0.25, 0.3) is 0 Å². The molecule has 3 amide bonds. The van der Waals surface area contributed by atoms with Crippen molar-refractivity contribution in [1.82, 2.24) is 5.32 Å². The van der Waals surface area contributed by atoms with Crippen LogP contribution in [0.3, 0.4) is 0 Å². The summed E-state index contributed by atoms with van der Waals surface area (Å²) in [6.45, 7) is 1.56. The van der Waals surface area contributed by atoms with Crippen LogP contribution in [0, 0.1) is 5.92 Å². The van der Waals surface area contributed by atoms with Gasteiger partial charge in [-0.05, 0) is 25.1 Å².